The van der Waals surface area contributed by atoms with E-state index in [2.05, 4.69) is 9.82 Å². The molecule has 1 heterocycles. The molecule has 1 aromatic heterocycles. The van der Waals surface area contributed by atoms with Crippen LogP contribution in [0.25, 0.3) is 0 Å². The fourth-order valence-electron chi connectivity index (χ4n) is 4.44. The lowest BCUT2D eigenvalue weighted by Gasteiger charge is -2.10. The Morgan fingerprint density at radius 3 is 2.67 bits per heavy atom. The van der Waals surface area contributed by atoms with Gasteiger partial charge in [-0.05, 0) is 42.9 Å². The monoisotopic (exact) mass is 311 g/mol. The quantitative estimate of drug-likeness (QED) is 0.814. The Labute approximate surface area is 122 Å². The summed E-state index contributed by atoms with van der Waals surface area (Å²) >= 11 is 0. The second kappa shape index (κ2) is 4.30. The van der Waals surface area contributed by atoms with Crippen molar-refractivity contribution in [3.63, 3.8) is 0 Å². The zero-order chi connectivity index (χ0) is 14.8. The standard InChI is InChI=1S/C13H17N3O4S/c17-10(18)6-16-5-9(4-14-16)21(19,20)15-13-11-7-1-2-8(3-7)12(11)13/h4-5,7-8,11-13,15H,1-3,6H2,(H,17,18). The maximum Gasteiger partial charge on any atom is 0.325 e. The smallest absolute Gasteiger partial charge is 0.325 e. The number of sulfonamides is 1. The van der Waals surface area contributed by atoms with Crippen molar-refractivity contribution < 1.29 is 18.3 Å². The summed E-state index contributed by atoms with van der Waals surface area (Å²) in [4.78, 5) is 10.6. The average molecular weight is 311 g/mol. The number of hydrogen-bond acceptors (Lipinski definition) is 4. The molecule has 0 spiro atoms. The fraction of sp³-hybridized carbons (Fsp3) is 0.692. The molecule has 3 aliphatic rings. The third-order valence-corrected chi connectivity index (χ3v) is 6.66. The van der Waals surface area contributed by atoms with Gasteiger partial charge in [0, 0.05) is 12.2 Å². The molecule has 4 rings (SSSR count). The molecule has 21 heavy (non-hydrogen) atoms. The average Bonchev–Trinajstić information content (AvgIpc) is 2.84. The van der Waals surface area contributed by atoms with Crippen LogP contribution in [0.1, 0.15) is 19.3 Å². The molecule has 3 fully saturated rings. The first-order chi connectivity index (χ1) is 9.95. The van der Waals surface area contributed by atoms with Crippen molar-refractivity contribution in [1.82, 2.24) is 14.5 Å². The van der Waals surface area contributed by atoms with E-state index < -0.39 is 16.0 Å². The number of carboxylic acids is 1. The van der Waals surface area contributed by atoms with Crippen LogP contribution in [0.5, 0.6) is 0 Å². The van der Waals surface area contributed by atoms with Gasteiger partial charge in [-0.2, -0.15) is 5.10 Å². The molecule has 4 unspecified atom stereocenters. The van der Waals surface area contributed by atoms with E-state index in [0.717, 1.165) is 4.68 Å². The number of nitrogens with one attached hydrogen (secondary N) is 1. The van der Waals surface area contributed by atoms with Crippen molar-refractivity contribution in [2.24, 2.45) is 23.7 Å². The van der Waals surface area contributed by atoms with Gasteiger partial charge >= 0.3 is 5.97 Å². The van der Waals surface area contributed by atoms with Gasteiger partial charge in [0.2, 0.25) is 10.0 Å². The molecular formula is C13H17N3O4S. The highest BCUT2D eigenvalue weighted by atomic mass is 32.2. The van der Waals surface area contributed by atoms with Crippen molar-refractivity contribution in [3.8, 4) is 0 Å². The second-order valence-electron chi connectivity index (χ2n) is 6.40. The van der Waals surface area contributed by atoms with E-state index in [-0.39, 0.29) is 17.5 Å². The van der Waals surface area contributed by atoms with Crippen LogP contribution in [-0.4, -0.2) is 35.3 Å². The highest BCUT2D eigenvalue weighted by Crippen LogP contribution is 2.65. The summed E-state index contributed by atoms with van der Waals surface area (Å²) in [5.74, 6) is 1.38. The van der Waals surface area contributed by atoms with E-state index in [4.69, 9.17) is 5.11 Å². The maximum absolute atomic E-state index is 12.3. The van der Waals surface area contributed by atoms with Gasteiger partial charge < -0.3 is 5.11 Å². The largest absolute Gasteiger partial charge is 0.480 e. The van der Waals surface area contributed by atoms with Crippen LogP contribution in [0.3, 0.4) is 0 Å². The van der Waals surface area contributed by atoms with Gasteiger partial charge in [0.05, 0.1) is 6.20 Å². The van der Waals surface area contributed by atoms with Crippen molar-refractivity contribution in [2.45, 2.75) is 36.7 Å². The van der Waals surface area contributed by atoms with Gasteiger partial charge in [-0.3, -0.25) is 9.48 Å². The second-order valence-corrected chi connectivity index (χ2v) is 8.12. The summed E-state index contributed by atoms with van der Waals surface area (Å²) in [5.41, 5.74) is 0. The molecule has 2 bridgehead atoms. The highest BCUT2D eigenvalue weighted by molar-refractivity contribution is 7.89. The normalized spacial score (nSPS) is 36.7. The van der Waals surface area contributed by atoms with Crippen LogP contribution in [0.4, 0.5) is 0 Å². The van der Waals surface area contributed by atoms with Gasteiger partial charge in [0.1, 0.15) is 11.4 Å². The lowest BCUT2D eigenvalue weighted by molar-refractivity contribution is -0.137. The highest BCUT2D eigenvalue weighted by Gasteiger charge is 2.65. The van der Waals surface area contributed by atoms with Crippen LogP contribution in [0.2, 0.25) is 0 Å². The summed E-state index contributed by atoms with van der Waals surface area (Å²) in [6, 6.07) is 0.0732. The molecule has 0 radical (unpaired) electrons. The predicted molar refractivity (Wildman–Crippen MR) is 71.8 cm³/mol. The SMILES string of the molecule is O=C(O)Cn1cc(S(=O)(=O)NC2C3C4CCC(C4)C23)cn1. The minimum Gasteiger partial charge on any atom is -0.480 e. The third kappa shape index (κ3) is 2.08. The number of carboxylic acid groups (broad SMARTS) is 1. The Morgan fingerprint density at radius 1 is 1.38 bits per heavy atom. The predicted octanol–water partition coefficient (Wildman–Crippen LogP) is 0.290. The number of aliphatic carboxylic acids is 1. The van der Waals surface area contributed by atoms with Crippen molar-refractivity contribution in [3.05, 3.63) is 12.4 Å². The summed E-state index contributed by atoms with van der Waals surface area (Å²) in [6.45, 7) is -0.339. The van der Waals surface area contributed by atoms with Crippen LogP contribution in [0.15, 0.2) is 17.3 Å². The first kappa shape index (κ1) is 13.3. The Hall–Kier alpha value is -1.41. The Balaban J connectivity index is 1.47. The lowest BCUT2D eigenvalue weighted by Crippen LogP contribution is -2.29. The molecule has 114 valence electrons. The summed E-state index contributed by atoms with van der Waals surface area (Å²) in [5, 5.41) is 12.5. The van der Waals surface area contributed by atoms with Crippen molar-refractivity contribution in [1.29, 1.82) is 0 Å². The van der Waals surface area contributed by atoms with E-state index in [0.29, 0.717) is 23.7 Å². The molecular weight excluding hydrogens is 294 g/mol. The van der Waals surface area contributed by atoms with E-state index in [9.17, 15) is 13.2 Å². The van der Waals surface area contributed by atoms with E-state index in [1.165, 1.54) is 31.7 Å². The molecule has 3 aliphatic carbocycles. The maximum atomic E-state index is 12.3. The number of rotatable bonds is 5. The van der Waals surface area contributed by atoms with Gasteiger partial charge in [0.25, 0.3) is 0 Å². The number of carbonyl (C=O) groups is 1. The van der Waals surface area contributed by atoms with Gasteiger partial charge in [-0.15, -0.1) is 0 Å². The molecule has 7 nitrogen and oxygen atoms in total. The molecule has 3 saturated carbocycles. The lowest BCUT2D eigenvalue weighted by atomic mass is 10.0. The molecule has 4 atom stereocenters. The van der Waals surface area contributed by atoms with Crippen LogP contribution < -0.4 is 4.72 Å². The molecule has 0 aliphatic heterocycles. The minimum atomic E-state index is -3.60. The number of hydrogen-bond donors (Lipinski definition) is 2. The fourth-order valence-corrected chi connectivity index (χ4v) is 5.69. The van der Waals surface area contributed by atoms with Gasteiger partial charge in [0.15, 0.2) is 0 Å². The first-order valence-electron chi connectivity index (χ1n) is 7.22. The number of aromatic nitrogens is 2. The zero-order valence-electron chi connectivity index (χ0n) is 11.3. The van der Waals surface area contributed by atoms with E-state index in [1.54, 1.807) is 0 Å². The number of nitrogens with zero attached hydrogens (tertiary/aromatic N) is 2. The summed E-state index contributed by atoms with van der Waals surface area (Å²) in [6.07, 6.45) is 6.21. The summed E-state index contributed by atoms with van der Waals surface area (Å²) in [7, 11) is -3.60. The zero-order valence-corrected chi connectivity index (χ0v) is 12.2. The Morgan fingerprint density at radius 2 is 2.05 bits per heavy atom. The topological polar surface area (TPSA) is 101 Å². The molecule has 8 heteroatoms. The Bertz CT molecular complexity index is 682. The van der Waals surface area contributed by atoms with Crippen molar-refractivity contribution in [2.75, 3.05) is 0 Å². The van der Waals surface area contributed by atoms with Gasteiger partial charge in [-0.1, -0.05) is 0 Å². The molecule has 0 saturated heterocycles. The van der Waals surface area contributed by atoms with E-state index in [1.807, 2.05) is 0 Å². The van der Waals surface area contributed by atoms with Gasteiger partial charge in [-0.25, -0.2) is 13.1 Å². The molecule has 2 N–H and O–H groups in total. The van der Waals surface area contributed by atoms with E-state index >= 15 is 0 Å². The minimum absolute atomic E-state index is 0.0427. The van der Waals surface area contributed by atoms with Crippen LogP contribution >= 0.6 is 0 Å². The molecule has 1 aromatic rings. The van der Waals surface area contributed by atoms with Crippen molar-refractivity contribution >= 4 is 16.0 Å². The summed E-state index contributed by atoms with van der Waals surface area (Å²) < 4.78 is 28.6. The molecule has 0 amide bonds. The number of fused-ring (bicyclic) bond motifs is 5. The van der Waals surface area contributed by atoms with Crippen LogP contribution in [-0.2, 0) is 21.4 Å². The van der Waals surface area contributed by atoms with Crippen LogP contribution in [0, 0.1) is 23.7 Å². The molecule has 0 aromatic carbocycles. The Kier molecular flexibility index (Phi) is 2.71. The third-order valence-electron chi connectivity index (χ3n) is 5.24. The first-order valence-corrected chi connectivity index (χ1v) is 8.70.